The van der Waals surface area contributed by atoms with Crippen LogP contribution in [0.25, 0.3) is 6.08 Å². The summed E-state index contributed by atoms with van der Waals surface area (Å²) in [7, 11) is 0. The zero-order valence-electron chi connectivity index (χ0n) is 13.7. The molecule has 0 amide bonds. The smallest absolute Gasteiger partial charge is 0.317 e. The van der Waals surface area contributed by atoms with Crippen molar-refractivity contribution >= 4 is 17.7 Å². The van der Waals surface area contributed by atoms with E-state index in [1.165, 1.54) is 6.07 Å². The summed E-state index contributed by atoms with van der Waals surface area (Å²) in [4.78, 5) is 23.3. The van der Waals surface area contributed by atoms with Crippen molar-refractivity contribution in [1.82, 2.24) is 10.2 Å². The van der Waals surface area contributed by atoms with Crippen LogP contribution in [0.5, 0.6) is 0 Å². The highest BCUT2D eigenvalue weighted by atomic mass is 16.6. The van der Waals surface area contributed by atoms with Gasteiger partial charge in [-0.1, -0.05) is 31.2 Å². The van der Waals surface area contributed by atoms with Gasteiger partial charge in [0.25, 0.3) is 5.69 Å². The van der Waals surface area contributed by atoms with E-state index >= 15 is 0 Å². The number of nitrogens with one attached hydrogen (secondary N) is 1. The van der Waals surface area contributed by atoms with E-state index < -0.39 is 5.97 Å². The van der Waals surface area contributed by atoms with Crippen molar-refractivity contribution in [2.24, 2.45) is 0 Å². The first-order chi connectivity index (χ1) is 11.5. The molecule has 1 aromatic rings. The number of likely N-dealkylation sites (N-methyl/N-ethyl adjacent to an activating group) is 1. The normalized spacial score (nSPS) is 20.2. The first-order valence-corrected chi connectivity index (χ1v) is 8.10. The quantitative estimate of drug-likeness (QED) is 0.531. The first-order valence-electron chi connectivity index (χ1n) is 8.10. The number of nitrogens with zero attached hydrogens (tertiary/aromatic N) is 2. The molecule has 2 rings (SSSR count). The molecule has 7 heteroatoms. The van der Waals surface area contributed by atoms with Gasteiger partial charge in [-0.05, 0) is 25.5 Å². The summed E-state index contributed by atoms with van der Waals surface area (Å²) >= 11 is 0. The molecular weight excluding hydrogens is 310 g/mol. The Bertz CT molecular complexity index is 612. The fourth-order valence-electron chi connectivity index (χ4n) is 2.94. The van der Waals surface area contributed by atoms with E-state index in [-0.39, 0.29) is 17.2 Å². The van der Waals surface area contributed by atoms with Gasteiger partial charge in [0, 0.05) is 24.7 Å². The summed E-state index contributed by atoms with van der Waals surface area (Å²) in [5.41, 5.74) is 0.694. The van der Waals surface area contributed by atoms with Crippen LogP contribution in [0.1, 0.15) is 25.3 Å². The van der Waals surface area contributed by atoms with Gasteiger partial charge in [0.1, 0.15) is 0 Å². The highest BCUT2D eigenvalue weighted by Gasteiger charge is 2.33. The lowest BCUT2D eigenvalue weighted by atomic mass is 9.85. The Morgan fingerprint density at radius 2 is 2.17 bits per heavy atom. The molecule has 1 aromatic carbocycles. The number of carbonyl (C=O) groups is 1. The minimum Gasteiger partial charge on any atom is -0.480 e. The van der Waals surface area contributed by atoms with Crippen LogP contribution in [0.3, 0.4) is 0 Å². The van der Waals surface area contributed by atoms with Crippen molar-refractivity contribution in [3.05, 3.63) is 46.0 Å². The Morgan fingerprint density at radius 1 is 1.46 bits per heavy atom. The second kappa shape index (κ2) is 8.56. The van der Waals surface area contributed by atoms with Crippen LogP contribution >= 0.6 is 0 Å². The summed E-state index contributed by atoms with van der Waals surface area (Å²) in [6.45, 7) is 3.43. The summed E-state index contributed by atoms with van der Waals surface area (Å²) in [6, 6.07) is 7.33. The summed E-state index contributed by atoms with van der Waals surface area (Å²) < 4.78 is 0. The van der Waals surface area contributed by atoms with Crippen molar-refractivity contribution in [3.63, 3.8) is 0 Å². The van der Waals surface area contributed by atoms with Crippen molar-refractivity contribution in [1.29, 1.82) is 0 Å². The van der Waals surface area contributed by atoms with Gasteiger partial charge in [0.05, 0.1) is 17.0 Å². The monoisotopic (exact) mass is 333 g/mol. The first kappa shape index (κ1) is 18.1. The van der Waals surface area contributed by atoms with E-state index in [0.717, 1.165) is 19.4 Å². The second-order valence-electron chi connectivity index (χ2n) is 5.91. The van der Waals surface area contributed by atoms with Crippen LogP contribution in [0.4, 0.5) is 5.69 Å². The summed E-state index contributed by atoms with van der Waals surface area (Å²) in [6.07, 6.45) is 5.50. The topological polar surface area (TPSA) is 95.7 Å². The van der Waals surface area contributed by atoms with Gasteiger partial charge < -0.3 is 10.4 Å². The number of para-hydroxylation sites is 1. The molecule has 1 aliphatic rings. The van der Waals surface area contributed by atoms with Crippen molar-refractivity contribution in [2.45, 2.75) is 31.8 Å². The van der Waals surface area contributed by atoms with Crippen molar-refractivity contribution in [2.75, 3.05) is 19.6 Å². The molecule has 24 heavy (non-hydrogen) atoms. The van der Waals surface area contributed by atoms with Gasteiger partial charge in [0.2, 0.25) is 0 Å². The fourth-order valence-corrected chi connectivity index (χ4v) is 2.94. The molecule has 130 valence electrons. The number of hydrogen-bond acceptors (Lipinski definition) is 5. The van der Waals surface area contributed by atoms with Gasteiger partial charge >= 0.3 is 5.97 Å². The largest absolute Gasteiger partial charge is 0.480 e. The SMILES string of the molecule is CCN(CC(=O)O)C1CC(NC/C=C/c2ccccc2[N+](=O)[O-])C1. The van der Waals surface area contributed by atoms with Crippen LogP contribution in [0, 0.1) is 10.1 Å². The van der Waals surface area contributed by atoms with E-state index in [0.29, 0.717) is 24.2 Å². The molecule has 0 bridgehead atoms. The van der Waals surface area contributed by atoms with Gasteiger partial charge in [-0.15, -0.1) is 0 Å². The molecular formula is C17H23N3O4. The molecule has 2 N–H and O–H groups in total. The molecule has 1 saturated carbocycles. The van der Waals surface area contributed by atoms with E-state index in [4.69, 9.17) is 5.11 Å². The number of carboxylic acid groups (broad SMARTS) is 1. The lowest BCUT2D eigenvalue weighted by Crippen LogP contribution is -2.53. The van der Waals surface area contributed by atoms with Crippen molar-refractivity contribution in [3.8, 4) is 0 Å². The molecule has 0 aromatic heterocycles. The Morgan fingerprint density at radius 3 is 2.79 bits per heavy atom. The van der Waals surface area contributed by atoms with Gasteiger partial charge in [-0.3, -0.25) is 19.8 Å². The van der Waals surface area contributed by atoms with Crippen LogP contribution in [-0.2, 0) is 4.79 Å². The number of rotatable bonds is 9. The maximum Gasteiger partial charge on any atom is 0.317 e. The predicted molar refractivity (Wildman–Crippen MR) is 91.8 cm³/mol. The molecule has 0 atom stereocenters. The van der Waals surface area contributed by atoms with E-state index in [2.05, 4.69) is 5.32 Å². The van der Waals surface area contributed by atoms with Crippen molar-refractivity contribution < 1.29 is 14.8 Å². The molecule has 0 unspecified atom stereocenters. The predicted octanol–water partition coefficient (Wildman–Crippen LogP) is 2.14. The molecule has 1 aliphatic carbocycles. The van der Waals surface area contributed by atoms with Gasteiger partial charge in [-0.25, -0.2) is 0 Å². The standard InChI is InChI=1S/C17H23N3O4/c1-2-19(12-17(21)22)15-10-14(11-15)18-9-5-7-13-6-3-4-8-16(13)20(23)24/h3-8,14-15,18H,2,9-12H2,1H3,(H,21,22)/b7-5+. The van der Waals surface area contributed by atoms with Crippen LogP contribution in [-0.4, -0.2) is 52.6 Å². The fraction of sp³-hybridized carbons (Fsp3) is 0.471. The van der Waals surface area contributed by atoms with E-state index in [1.807, 2.05) is 17.9 Å². The highest BCUT2D eigenvalue weighted by molar-refractivity contribution is 5.69. The average molecular weight is 333 g/mol. The van der Waals surface area contributed by atoms with Gasteiger partial charge in [0.15, 0.2) is 0 Å². The number of hydrogen-bond donors (Lipinski definition) is 2. The second-order valence-corrected chi connectivity index (χ2v) is 5.91. The molecule has 1 fully saturated rings. The van der Waals surface area contributed by atoms with Gasteiger partial charge in [-0.2, -0.15) is 0 Å². The summed E-state index contributed by atoms with van der Waals surface area (Å²) in [5, 5.41) is 23.2. The Labute approximate surface area is 141 Å². The highest BCUT2D eigenvalue weighted by Crippen LogP contribution is 2.25. The third kappa shape index (κ3) is 4.87. The molecule has 0 spiro atoms. The number of nitro groups is 1. The van der Waals surface area contributed by atoms with Crippen LogP contribution in [0.2, 0.25) is 0 Å². The number of nitro benzene ring substituents is 1. The molecule has 0 heterocycles. The van der Waals surface area contributed by atoms with Crippen LogP contribution in [0.15, 0.2) is 30.3 Å². The molecule has 0 aliphatic heterocycles. The maximum absolute atomic E-state index is 10.9. The van der Waals surface area contributed by atoms with E-state index in [1.54, 1.807) is 24.3 Å². The summed E-state index contributed by atoms with van der Waals surface area (Å²) in [5.74, 6) is -0.791. The Balaban J connectivity index is 1.75. The third-order valence-corrected chi connectivity index (χ3v) is 4.33. The van der Waals surface area contributed by atoms with E-state index in [9.17, 15) is 14.9 Å². The average Bonchev–Trinajstić information content (AvgIpc) is 2.51. The lowest BCUT2D eigenvalue weighted by molar-refractivity contribution is -0.385. The molecule has 7 nitrogen and oxygen atoms in total. The Hall–Kier alpha value is -2.25. The minimum atomic E-state index is -0.791. The number of aliphatic carboxylic acids is 1. The molecule has 0 saturated heterocycles. The maximum atomic E-state index is 10.9. The molecule has 0 radical (unpaired) electrons. The minimum absolute atomic E-state index is 0.0888. The number of carboxylic acids is 1. The zero-order chi connectivity index (χ0) is 17.5. The van der Waals surface area contributed by atoms with Crippen LogP contribution < -0.4 is 5.32 Å². The third-order valence-electron chi connectivity index (χ3n) is 4.33. The lowest BCUT2D eigenvalue weighted by Gasteiger charge is -2.42. The zero-order valence-corrected chi connectivity index (χ0v) is 13.7. The number of benzene rings is 1. The Kier molecular flexibility index (Phi) is 6.45.